The molecule has 0 saturated carbocycles. The largest absolute Gasteiger partial charge is 0.332 e. The van der Waals surface area contributed by atoms with Gasteiger partial charge in [0.15, 0.2) is 0 Å². The van der Waals surface area contributed by atoms with Crippen molar-refractivity contribution in [1.82, 2.24) is 0 Å². The number of hydrogen-bond donors (Lipinski definition) is 0. The zero-order chi connectivity index (χ0) is 7.82. The van der Waals surface area contributed by atoms with Crippen LogP contribution in [-0.4, -0.2) is 28.2 Å². The van der Waals surface area contributed by atoms with Crippen LogP contribution in [0, 0.1) is 0 Å². The monoisotopic (exact) mass is 177 g/mol. The second-order valence-electron chi connectivity index (χ2n) is 1.48. The summed E-state index contributed by atoms with van der Waals surface area (Å²) in [6, 6.07) is 0. The van der Waals surface area contributed by atoms with E-state index >= 15 is 0 Å². The van der Waals surface area contributed by atoms with E-state index in [9.17, 15) is 0 Å². The summed E-state index contributed by atoms with van der Waals surface area (Å²) in [5.41, 5.74) is 0. The Labute approximate surface area is 72.0 Å². The summed E-state index contributed by atoms with van der Waals surface area (Å²) in [5.74, 6) is 0. The highest BCUT2D eigenvalue weighted by Crippen LogP contribution is 2.38. The van der Waals surface area contributed by atoms with Crippen LogP contribution in [-0.2, 0) is 13.6 Å². The maximum absolute atomic E-state index is 5.14. The first-order valence-electron chi connectivity index (χ1n) is 3.54. The minimum Gasteiger partial charge on any atom is -0.313 e. The van der Waals surface area contributed by atoms with Gasteiger partial charge in [0.25, 0.3) is 0 Å². The topological polar surface area (TPSA) is 27.7 Å². The summed E-state index contributed by atoms with van der Waals surface area (Å²) in [7, 11) is -1.06. The molecule has 3 radical (unpaired) electrons. The predicted octanol–water partition coefficient (Wildman–Crippen LogP) is 1.94. The Morgan fingerprint density at radius 3 is 1.27 bits per heavy atom. The van der Waals surface area contributed by atoms with Gasteiger partial charge < -0.3 is 13.6 Å². The molecule has 65 valence electrons. The van der Waals surface area contributed by atoms with E-state index in [1.165, 1.54) is 0 Å². The van der Waals surface area contributed by atoms with E-state index in [-0.39, 0.29) is 8.41 Å². The summed E-state index contributed by atoms with van der Waals surface area (Å²) in [6.45, 7) is 7.71. The van der Waals surface area contributed by atoms with Crippen LogP contribution in [0.1, 0.15) is 20.8 Å². The quantitative estimate of drug-likeness (QED) is 0.458. The van der Waals surface area contributed by atoms with Gasteiger partial charge in [0, 0.05) is 8.41 Å². The molecule has 0 amide bonds. The third-order valence-corrected chi connectivity index (χ3v) is 2.11. The Balaban J connectivity index is 0. The average Bonchev–Trinajstić information content (AvgIpc) is 1.90. The van der Waals surface area contributed by atoms with Crippen LogP contribution in [0.4, 0.5) is 0 Å². The Morgan fingerprint density at radius 2 is 1.09 bits per heavy atom. The van der Waals surface area contributed by atoms with Crippen molar-refractivity contribution in [2.45, 2.75) is 20.8 Å². The van der Waals surface area contributed by atoms with Gasteiger partial charge in [-0.25, -0.2) is 0 Å². The van der Waals surface area contributed by atoms with Crippen molar-refractivity contribution in [2.24, 2.45) is 0 Å². The normalized spacial score (nSPS) is 9.82. The SMILES string of the molecule is CCOP(OCC)OCC.[B]. The second-order valence-corrected chi connectivity index (χ2v) is 2.70. The van der Waals surface area contributed by atoms with Crippen molar-refractivity contribution in [3.8, 4) is 0 Å². The number of hydrogen-bond acceptors (Lipinski definition) is 3. The van der Waals surface area contributed by atoms with Crippen molar-refractivity contribution < 1.29 is 13.6 Å². The van der Waals surface area contributed by atoms with Crippen molar-refractivity contribution >= 4 is 17.0 Å². The fourth-order valence-electron chi connectivity index (χ4n) is 0.428. The lowest BCUT2D eigenvalue weighted by atomic mass is 10.8. The second kappa shape index (κ2) is 10.4. The first kappa shape index (κ1) is 13.9. The van der Waals surface area contributed by atoms with Gasteiger partial charge in [0.1, 0.15) is 0 Å². The standard InChI is InChI=1S/C6H15O3P.B/c1-4-7-10(8-5-2)9-6-3;/h4-6H2,1-3H3;. The van der Waals surface area contributed by atoms with Gasteiger partial charge in [-0.1, -0.05) is 0 Å². The third kappa shape index (κ3) is 8.28. The van der Waals surface area contributed by atoms with E-state index in [0.717, 1.165) is 0 Å². The first-order chi connectivity index (χ1) is 4.85. The molecule has 0 unspecified atom stereocenters. The summed E-state index contributed by atoms with van der Waals surface area (Å²) in [5, 5.41) is 0. The van der Waals surface area contributed by atoms with Gasteiger partial charge >= 0.3 is 8.60 Å². The Bertz CT molecular complexity index is 60.6. The minimum absolute atomic E-state index is 0. The van der Waals surface area contributed by atoms with E-state index in [4.69, 9.17) is 13.6 Å². The van der Waals surface area contributed by atoms with Crippen LogP contribution in [0.2, 0.25) is 0 Å². The highest BCUT2D eigenvalue weighted by atomic mass is 31.2. The Morgan fingerprint density at radius 1 is 0.818 bits per heavy atom. The molecule has 0 bridgehead atoms. The summed E-state index contributed by atoms with van der Waals surface area (Å²) in [6.07, 6.45) is 0. The first-order valence-corrected chi connectivity index (χ1v) is 4.63. The van der Waals surface area contributed by atoms with Gasteiger partial charge in [0.05, 0.1) is 19.8 Å². The van der Waals surface area contributed by atoms with E-state index in [2.05, 4.69) is 0 Å². The summed E-state index contributed by atoms with van der Waals surface area (Å²) in [4.78, 5) is 0. The van der Waals surface area contributed by atoms with Gasteiger partial charge in [-0.3, -0.25) is 0 Å². The van der Waals surface area contributed by atoms with Crippen LogP contribution < -0.4 is 0 Å². The smallest absolute Gasteiger partial charge is 0.313 e. The van der Waals surface area contributed by atoms with Crippen LogP contribution in [0.25, 0.3) is 0 Å². The van der Waals surface area contributed by atoms with Gasteiger partial charge in [-0.2, -0.15) is 0 Å². The van der Waals surface area contributed by atoms with Crippen molar-refractivity contribution in [1.29, 1.82) is 0 Å². The maximum Gasteiger partial charge on any atom is 0.332 e. The highest BCUT2D eigenvalue weighted by Gasteiger charge is 2.07. The van der Waals surface area contributed by atoms with Gasteiger partial charge in [0.2, 0.25) is 0 Å². The molecule has 0 atom stereocenters. The van der Waals surface area contributed by atoms with Crippen LogP contribution in [0.3, 0.4) is 0 Å². The average molecular weight is 177 g/mol. The molecule has 0 aromatic rings. The Hall–Kier alpha value is 0.375. The molecule has 0 rings (SSSR count). The van der Waals surface area contributed by atoms with Crippen molar-refractivity contribution in [3.05, 3.63) is 0 Å². The highest BCUT2D eigenvalue weighted by molar-refractivity contribution is 7.41. The minimum atomic E-state index is -1.06. The molecule has 0 saturated heterocycles. The maximum atomic E-state index is 5.14. The molecule has 0 fully saturated rings. The lowest BCUT2D eigenvalue weighted by Crippen LogP contribution is -1.94. The molecule has 0 aliphatic carbocycles. The molecule has 0 heterocycles. The fourth-order valence-corrected chi connectivity index (χ4v) is 1.28. The number of rotatable bonds is 6. The lowest BCUT2D eigenvalue weighted by molar-refractivity contribution is 0.176. The van der Waals surface area contributed by atoms with Gasteiger partial charge in [-0.05, 0) is 20.8 Å². The van der Waals surface area contributed by atoms with Crippen molar-refractivity contribution in [3.63, 3.8) is 0 Å². The van der Waals surface area contributed by atoms with Crippen LogP contribution in [0.15, 0.2) is 0 Å². The molecule has 0 aliphatic heterocycles. The molecule has 0 N–H and O–H groups in total. The van der Waals surface area contributed by atoms with Crippen molar-refractivity contribution in [2.75, 3.05) is 19.8 Å². The molecule has 5 heteroatoms. The molecular weight excluding hydrogens is 162 g/mol. The predicted molar refractivity (Wildman–Crippen MR) is 47.6 cm³/mol. The van der Waals surface area contributed by atoms with E-state index in [1.54, 1.807) is 0 Å². The molecular formula is C6H15BO3P. The molecule has 3 nitrogen and oxygen atoms in total. The lowest BCUT2D eigenvalue weighted by Gasteiger charge is -2.12. The third-order valence-electron chi connectivity index (χ3n) is 0.704. The summed E-state index contributed by atoms with van der Waals surface area (Å²) >= 11 is 0. The van der Waals surface area contributed by atoms with Crippen LogP contribution >= 0.6 is 8.60 Å². The van der Waals surface area contributed by atoms with E-state index < -0.39 is 8.60 Å². The fraction of sp³-hybridized carbons (Fsp3) is 1.00. The van der Waals surface area contributed by atoms with E-state index in [0.29, 0.717) is 19.8 Å². The summed E-state index contributed by atoms with van der Waals surface area (Å²) < 4.78 is 15.4. The molecule has 0 aromatic heterocycles. The van der Waals surface area contributed by atoms with E-state index in [1.807, 2.05) is 20.8 Å². The van der Waals surface area contributed by atoms with Gasteiger partial charge in [-0.15, -0.1) is 0 Å². The molecule has 0 aliphatic rings. The zero-order valence-corrected chi connectivity index (χ0v) is 8.27. The zero-order valence-electron chi connectivity index (χ0n) is 7.37. The van der Waals surface area contributed by atoms with Crippen LogP contribution in [0.5, 0.6) is 0 Å². The Kier molecular flexibility index (Phi) is 13.1. The molecule has 11 heavy (non-hydrogen) atoms. The molecule has 0 spiro atoms. The molecule has 0 aromatic carbocycles.